The average molecular weight is 297 g/mol. The molecule has 0 saturated carbocycles. The van der Waals surface area contributed by atoms with Crippen molar-refractivity contribution in [1.29, 1.82) is 0 Å². The zero-order valence-electron chi connectivity index (χ0n) is 11.1. The van der Waals surface area contributed by atoms with Crippen LogP contribution in [-0.2, 0) is 0 Å². The Morgan fingerprint density at radius 2 is 2.26 bits per heavy atom. The lowest BCUT2D eigenvalue weighted by Crippen LogP contribution is -2.18. The van der Waals surface area contributed by atoms with Gasteiger partial charge in [-0.05, 0) is 55.2 Å². The maximum atomic E-state index is 13.8. The molecule has 19 heavy (non-hydrogen) atoms. The number of nitrogens with one attached hydrogen (secondary N) is 1. The minimum absolute atomic E-state index is 0.107. The summed E-state index contributed by atoms with van der Waals surface area (Å²) in [4.78, 5) is 5.20. The van der Waals surface area contributed by atoms with Crippen molar-refractivity contribution in [1.82, 2.24) is 14.7 Å². The number of benzene rings is 1. The van der Waals surface area contributed by atoms with Gasteiger partial charge in [0.1, 0.15) is 12.1 Å². The number of nitrogens with zero attached hydrogens (tertiary/aromatic N) is 2. The molecule has 0 spiro atoms. The average Bonchev–Trinajstić information content (AvgIpc) is 2.86. The van der Waals surface area contributed by atoms with Crippen LogP contribution in [-0.4, -0.2) is 15.9 Å². The Morgan fingerprint density at radius 1 is 1.47 bits per heavy atom. The minimum Gasteiger partial charge on any atom is -0.310 e. The molecular weight excluding hydrogens is 281 g/mol. The first kappa shape index (κ1) is 14.4. The van der Waals surface area contributed by atoms with Gasteiger partial charge in [-0.25, -0.2) is 9.37 Å². The molecule has 1 atom stereocenters. The van der Waals surface area contributed by atoms with Gasteiger partial charge >= 0.3 is 0 Å². The van der Waals surface area contributed by atoms with Gasteiger partial charge in [0.15, 0.2) is 4.34 Å². The molecule has 2 aromatic rings. The molecular formula is C13H16FN3S2. The molecule has 0 saturated heterocycles. The van der Waals surface area contributed by atoms with E-state index in [0.29, 0.717) is 5.56 Å². The van der Waals surface area contributed by atoms with Gasteiger partial charge in [-0.2, -0.15) is 4.37 Å². The number of halogens is 1. The highest BCUT2D eigenvalue weighted by Gasteiger charge is 2.15. The number of aromatic nitrogens is 2. The van der Waals surface area contributed by atoms with Crippen molar-refractivity contribution in [3.63, 3.8) is 0 Å². The molecule has 0 aliphatic heterocycles. The van der Waals surface area contributed by atoms with Crippen LogP contribution < -0.4 is 5.32 Å². The van der Waals surface area contributed by atoms with Gasteiger partial charge in [-0.1, -0.05) is 18.7 Å². The van der Waals surface area contributed by atoms with E-state index in [9.17, 15) is 4.39 Å². The molecule has 0 bridgehead atoms. The number of rotatable bonds is 5. The van der Waals surface area contributed by atoms with Crippen molar-refractivity contribution in [2.24, 2.45) is 0 Å². The molecule has 1 aromatic heterocycles. The second-order valence-corrected chi connectivity index (χ2v) is 6.30. The maximum absolute atomic E-state index is 13.8. The minimum atomic E-state index is -0.165. The van der Waals surface area contributed by atoms with Gasteiger partial charge in [-0.3, -0.25) is 0 Å². The van der Waals surface area contributed by atoms with Crippen molar-refractivity contribution in [2.45, 2.75) is 36.0 Å². The van der Waals surface area contributed by atoms with Crippen LogP contribution in [0.5, 0.6) is 0 Å². The lowest BCUT2D eigenvalue weighted by atomic mass is 10.1. The van der Waals surface area contributed by atoms with Gasteiger partial charge in [0.25, 0.3) is 0 Å². The molecule has 1 N–H and O–H groups in total. The zero-order chi connectivity index (χ0) is 13.8. The number of aryl methyl sites for hydroxylation is 1. The lowest BCUT2D eigenvalue weighted by Gasteiger charge is -2.17. The van der Waals surface area contributed by atoms with Crippen LogP contribution in [0.15, 0.2) is 27.7 Å². The Bertz CT molecular complexity index is 543. The molecule has 0 aliphatic carbocycles. The molecule has 0 amide bonds. The smallest absolute Gasteiger partial charge is 0.174 e. The van der Waals surface area contributed by atoms with E-state index in [0.717, 1.165) is 21.3 Å². The molecule has 2 rings (SSSR count). The van der Waals surface area contributed by atoms with Crippen LogP contribution in [0.3, 0.4) is 0 Å². The van der Waals surface area contributed by atoms with E-state index in [1.807, 2.05) is 19.9 Å². The van der Waals surface area contributed by atoms with Crippen LogP contribution in [0.1, 0.15) is 31.0 Å². The van der Waals surface area contributed by atoms with E-state index >= 15 is 0 Å². The maximum Gasteiger partial charge on any atom is 0.174 e. The van der Waals surface area contributed by atoms with Gasteiger partial charge in [0.2, 0.25) is 0 Å². The first-order valence-corrected chi connectivity index (χ1v) is 7.68. The predicted molar refractivity (Wildman–Crippen MR) is 77.3 cm³/mol. The summed E-state index contributed by atoms with van der Waals surface area (Å²) in [6.07, 6.45) is 1.54. The van der Waals surface area contributed by atoms with E-state index in [-0.39, 0.29) is 11.9 Å². The first-order valence-electron chi connectivity index (χ1n) is 6.09. The second kappa shape index (κ2) is 6.45. The normalized spacial score (nSPS) is 12.6. The molecule has 0 fully saturated rings. The van der Waals surface area contributed by atoms with Crippen LogP contribution in [0, 0.1) is 12.7 Å². The Labute approximate surface area is 120 Å². The van der Waals surface area contributed by atoms with Gasteiger partial charge in [0, 0.05) is 10.9 Å². The molecule has 1 unspecified atom stereocenters. The summed E-state index contributed by atoms with van der Waals surface area (Å²) in [7, 11) is 0. The third-order valence-electron chi connectivity index (χ3n) is 2.81. The molecule has 3 nitrogen and oxygen atoms in total. The SMILES string of the molecule is CCNC(C)c1cc(F)c(C)cc1Sc1ncns1. The van der Waals surface area contributed by atoms with Gasteiger partial charge < -0.3 is 5.32 Å². The topological polar surface area (TPSA) is 37.8 Å². The summed E-state index contributed by atoms with van der Waals surface area (Å²) in [5.74, 6) is -0.165. The fourth-order valence-corrected chi connectivity index (χ4v) is 3.52. The van der Waals surface area contributed by atoms with E-state index in [2.05, 4.69) is 14.7 Å². The molecule has 0 radical (unpaired) electrons. The summed E-state index contributed by atoms with van der Waals surface area (Å²) in [5.41, 5.74) is 1.62. The van der Waals surface area contributed by atoms with Crippen molar-refractivity contribution in [2.75, 3.05) is 6.54 Å². The largest absolute Gasteiger partial charge is 0.310 e. The van der Waals surface area contributed by atoms with Crippen molar-refractivity contribution >= 4 is 23.3 Å². The Balaban J connectivity index is 2.36. The van der Waals surface area contributed by atoms with Gasteiger partial charge in [0.05, 0.1) is 0 Å². The summed E-state index contributed by atoms with van der Waals surface area (Å²) in [6, 6.07) is 3.60. The van der Waals surface area contributed by atoms with E-state index in [4.69, 9.17) is 0 Å². The summed E-state index contributed by atoms with van der Waals surface area (Å²) in [5, 5.41) is 3.32. The molecule has 1 heterocycles. The molecule has 6 heteroatoms. The third kappa shape index (κ3) is 3.52. The second-order valence-electron chi connectivity index (χ2n) is 4.23. The fourth-order valence-electron chi connectivity index (χ4n) is 1.82. The Morgan fingerprint density at radius 3 is 2.89 bits per heavy atom. The van der Waals surface area contributed by atoms with E-state index in [1.54, 1.807) is 13.0 Å². The van der Waals surface area contributed by atoms with Crippen molar-refractivity contribution in [3.05, 3.63) is 35.4 Å². The molecule has 102 valence electrons. The summed E-state index contributed by atoms with van der Waals surface area (Å²) < 4.78 is 18.6. The highest BCUT2D eigenvalue weighted by atomic mass is 32.2. The summed E-state index contributed by atoms with van der Waals surface area (Å²) in [6.45, 7) is 6.71. The Kier molecular flexibility index (Phi) is 4.90. The Hall–Kier alpha value is -0.980. The highest BCUT2D eigenvalue weighted by Crippen LogP contribution is 2.35. The molecule has 0 aliphatic rings. The van der Waals surface area contributed by atoms with E-state index in [1.165, 1.54) is 29.6 Å². The monoisotopic (exact) mass is 297 g/mol. The highest BCUT2D eigenvalue weighted by molar-refractivity contribution is 8.01. The van der Waals surface area contributed by atoms with Crippen molar-refractivity contribution < 1.29 is 4.39 Å². The quantitative estimate of drug-likeness (QED) is 0.910. The zero-order valence-corrected chi connectivity index (χ0v) is 12.7. The van der Waals surface area contributed by atoms with Gasteiger partial charge in [-0.15, -0.1) is 0 Å². The predicted octanol–water partition coefficient (Wildman–Crippen LogP) is 3.81. The molecule has 1 aromatic carbocycles. The van der Waals surface area contributed by atoms with Crippen LogP contribution in [0.25, 0.3) is 0 Å². The lowest BCUT2D eigenvalue weighted by molar-refractivity contribution is 0.571. The third-order valence-corrected chi connectivity index (χ3v) is 4.59. The standard InChI is InChI=1S/C13H16FN3S2/c1-4-15-9(3)10-6-11(14)8(2)5-12(10)18-13-16-7-17-19-13/h5-7,9,15H,4H2,1-3H3. The van der Waals surface area contributed by atoms with Crippen molar-refractivity contribution in [3.8, 4) is 0 Å². The first-order chi connectivity index (χ1) is 9.11. The number of hydrogen-bond acceptors (Lipinski definition) is 5. The van der Waals surface area contributed by atoms with Crippen LogP contribution in [0.4, 0.5) is 4.39 Å². The van der Waals surface area contributed by atoms with Crippen LogP contribution in [0.2, 0.25) is 0 Å². The number of hydrogen-bond donors (Lipinski definition) is 1. The van der Waals surface area contributed by atoms with Crippen LogP contribution >= 0.6 is 23.3 Å². The van der Waals surface area contributed by atoms with E-state index < -0.39 is 0 Å². The summed E-state index contributed by atoms with van der Waals surface area (Å²) >= 11 is 2.89. The fraction of sp³-hybridized carbons (Fsp3) is 0.385.